The molecule has 0 fully saturated rings. The van der Waals surface area contributed by atoms with E-state index < -0.39 is 0 Å². The number of fused-ring (bicyclic) bond motifs is 2. The van der Waals surface area contributed by atoms with E-state index >= 15 is 0 Å². The topological polar surface area (TPSA) is 6.48 Å². The zero-order chi connectivity index (χ0) is 26.7. The first-order chi connectivity index (χ1) is 19.9. The van der Waals surface area contributed by atoms with Crippen LogP contribution in [0.25, 0.3) is 21.5 Å². The molecule has 0 heterocycles. The van der Waals surface area contributed by atoms with Crippen molar-refractivity contribution >= 4 is 55.7 Å². The Bertz CT molecular complexity index is 1760. The summed E-state index contributed by atoms with van der Waals surface area (Å²) >= 11 is 0. The molecular formula is C38H28N2. The van der Waals surface area contributed by atoms with E-state index in [1.54, 1.807) is 0 Å². The monoisotopic (exact) mass is 512 g/mol. The Labute approximate surface area is 235 Å². The van der Waals surface area contributed by atoms with Crippen molar-refractivity contribution in [2.75, 3.05) is 9.80 Å². The first kappa shape index (κ1) is 23.8. The van der Waals surface area contributed by atoms with Crippen molar-refractivity contribution in [1.82, 2.24) is 0 Å². The van der Waals surface area contributed by atoms with Gasteiger partial charge in [-0.1, -0.05) is 115 Å². The standard InChI is InChI=1S/C38H28N2/c1-3-18-31(19-4-1)39(37-26-11-16-29-14-7-9-24-35(29)37)33-22-13-23-34(28-33)40(32-20-5-2-6-21-32)38-27-12-17-30-15-8-10-25-36(30)38/h1-28H. The Morgan fingerprint density at radius 1 is 0.275 bits per heavy atom. The van der Waals surface area contributed by atoms with Crippen molar-refractivity contribution in [3.05, 3.63) is 170 Å². The third-order valence-electron chi connectivity index (χ3n) is 7.39. The summed E-state index contributed by atoms with van der Waals surface area (Å²) < 4.78 is 0. The Balaban J connectivity index is 1.45. The number of rotatable bonds is 6. The van der Waals surface area contributed by atoms with Crippen LogP contribution in [0, 0.1) is 0 Å². The number of hydrogen-bond donors (Lipinski definition) is 0. The van der Waals surface area contributed by atoms with Crippen LogP contribution in [0.5, 0.6) is 0 Å². The van der Waals surface area contributed by atoms with Gasteiger partial charge in [0, 0.05) is 33.5 Å². The lowest BCUT2D eigenvalue weighted by Crippen LogP contribution is -2.13. The summed E-state index contributed by atoms with van der Waals surface area (Å²) in [4.78, 5) is 4.72. The smallest absolute Gasteiger partial charge is 0.0540 e. The van der Waals surface area contributed by atoms with Crippen LogP contribution in [-0.4, -0.2) is 0 Å². The van der Waals surface area contributed by atoms with Gasteiger partial charge in [-0.3, -0.25) is 0 Å². The average Bonchev–Trinajstić information content (AvgIpc) is 3.03. The molecule has 7 aromatic rings. The van der Waals surface area contributed by atoms with Crippen LogP contribution in [0.3, 0.4) is 0 Å². The predicted molar refractivity (Wildman–Crippen MR) is 171 cm³/mol. The summed E-state index contributed by atoms with van der Waals surface area (Å²) in [6.45, 7) is 0. The molecule has 0 aliphatic rings. The molecule has 0 amide bonds. The molecule has 2 nitrogen and oxygen atoms in total. The normalized spacial score (nSPS) is 11.0. The molecule has 0 N–H and O–H groups in total. The quantitative estimate of drug-likeness (QED) is 0.219. The minimum absolute atomic E-state index is 1.10. The number of benzene rings is 7. The fraction of sp³-hybridized carbons (Fsp3) is 0. The average molecular weight is 513 g/mol. The van der Waals surface area contributed by atoms with Crippen LogP contribution >= 0.6 is 0 Å². The van der Waals surface area contributed by atoms with Crippen molar-refractivity contribution in [3.63, 3.8) is 0 Å². The summed E-state index contributed by atoms with van der Waals surface area (Å²) in [5.74, 6) is 0. The molecule has 0 unspecified atom stereocenters. The molecule has 190 valence electrons. The highest BCUT2D eigenvalue weighted by Gasteiger charge is 2.19. The molecule has 0 atom stereocenters. The fourth-order valence-corrected chi connectivity index (χ4v) is 5.59. The molecule has 0 saturated heterocycles. The number of anilines is 6. The van der Waals surface area contributed by atoms with E-state index in [2.05, 4.69) is 180 Å². The lowest BCUT2D eigenvalue weighted by Gasteiger charge is -2.30. The van der Waals surface area contributed by atoms with E-state index in [1.807, 2.05) is 0 Å². The van der Waals surface area contributed by atoms with Crippen molar-refractivity contribution in [1.29, 1.82) is 0 Å². The van der Waals surface area contributed by atoms with E-state index in [0.717, 1.165) is 34.1 Å². The minimum Gasteiger partial charge on any atom is -0.310 e. The van der Waals surface area contributed by atoms with Crippen LogP contribution in [0.2, 0.25) is 0 Å². The van der Waals surface area contributed by atoms with Gasteiger partial charge in [-0.05, 0) is 65.4 Å². The van der Waals surface area contributed by atoms with E-state index in [4.69, 9.17) is 0 Å². The third-order valence-corrected chi connectivity index (χ3v) is 7.39. The molecule has 40 heavy (non-hydrogen) atoms. The van der Waals surface area contributed by atoms with Gasteiger partial charge >= 0.3 is 0 Å². The third kappa shape index (κ3) is 4.36. The second-order valence-corrected chi connectivity index (χ2v) is 9.86. The maximum atomic E-state index is 2.36. The second kappa shape index (κ2) is 10.4. The second-order valence-electron chi connectivity index (χ2n) is 9.86. The highest BCUT2D eigenvalue weighted by Crippen LogP contribution is 2.43. The summed E-state index contributed by atoms with van der Waals surface area (Å²) in [5.41, 5.74) is 6.73. The molecule has 0 spiro atoms. The molecule has 2 heteroatoms. The maximum absolute atomic E-state index is 2.36. The van der Waals surface area contributed by atoms with Crippen LogP contribution in [0.15, 0.2) is 170 Å². The first-order valence-electron chi connectivity index (χ1n) is 13.6. The maximum Gasteiger partial charge on any atom is 0.0540 e. The number of para-hydroxylation sites is 2. The van der Waals surface area contributed by atoms with E-state index in [9.17, 15) is 0 Å². The highest BCUT2D eigenvalue weighted by molar-refractivity contribution is 6.01. The zero-order valence-electron chi connectivity index (χ0n) is 22.1. The molecule has 0 radical (unpaired) electrons. The predicted octanol–water partition coefficient (Wildman–Crippen LogP) is 10.9. The van der Waals surface area contributed by atoms with Crippen LogP contribution in [0.1, 0.15) is 0 Å². The Hall–Kier alpha value is -5.34. The molecule has 7 rings (SSSR count). The lowest BCUT2D eigenvalue weighted by molar-refractivity contribution is 1.26. The largest absolute Gasteiger partial charge is 0.310 e. The van der Waals surface area contributed by atoms with Gasteiger partial charge in [-0.25, -0.2) is 0 Å². The lowest BCUT2D eigenvalue weighted by atomic mass is 10.1. The van der Waals surface area contributed by atoms with Gasteiger partial charge in [-0.15, -0.1) is 0 Å². The number of nitrogens with zero attached hydrogens (tertiary/aromatic N) is 2. The van der Waals surface area contributed by atoms with E-state index in [1.165, 1.54) is 21.5 Å². The summed E-state index contributed by atoms with van der Waals surface area (Å²) in [6.07, 6.45) is 0. The summed E-state index contributed by atoms with van der Waals surface area (Å²) in [6, 6.07) is 60.3. The molecule has 7 aromatic carbocycles. The minimum atomic E-state index is 1.10. The SMILES string of the molecule is c1ccc(N(c2cccc(N(c3ccccc3)c3cccc4ccccc34)c2)c2cccc3ccccc23)cc1. The van der Waals surface area contributed by atoms with Gasteiger partial charge < -0.3 is 9.80 Å². The van der Waals surface area contributed by atoms with Gasteiger partial charge in [0.05, 0.1) is 11.4 Å². The van der Waals surface area contributed by atoms with Gasteiger partial charge in [0.1, 0.15) is 0 Å². The van der Waals surface area contributed by atoms with Gasteiger partial charge in [0.15, 0.2) is 0 Å². The molecule has 0 aromatic heterocycles. The summed E-state index contributed by atoms with van der Waals surface area (Å²) in [7, 11) is 0. The van der Waals surface area contributed by atoms with Crippen LogP contribution < -0.4 is 9.80 Å². The highest BCUT2D eigenvalue weighted by atomic mass is 15.2. The van der Waals surface area contributed by atoms with Crippen molar-refractivity contribution in [3.8, 4) is 0 Å². The summed E-state index contributed by atoms with van der Waals surface area (Å²) in [5, 5.41) is 4.87. The van der Waals surface area contributed by atoms with Crippen LogP contribution in [0.4, 0.5) is 34.1 Å². The molecule has 0 bridgehead atoms. The molecular weight excluding hydrogens is 484 g/mol. The number of hydrogen-bond acceptors (Lipinski definition) is 2. The van der Waals surface area contributed by atoms with Crippen molar-refractivity contribution < 1.29 is 0 Å². The molecule has 0 saturated carbocycles. The van der Waals surface area contributed by atoms with Crippen molar-refractivity contribution in [2.24, 2.45) is 0 Å². The Morgan fingerprint density at radius 2 is 0.625 bits per heavy atom. The molecule has 0 aliphatic carbocycles. The van der Waals surface area contributed by atoms with E-state index in [-0.39, 0.29) is 0 Å². The van der Waals surface area contributed by atoms with Gasteiger partial charge in [0.25, 0.3) is 0 Å². The van der Waals surface area contributed by atoms with E-state index in [0.29, 0.717) is 0 Å². The Kier molecular flexibility index (Phi) is 6.20. The molecule has 0 aliphatic heterocycles. The van der Waals surface area contributed by atoms with Crippen molar-refractivity contribution in [2.45, 2.75) is 0 Å². The Morgan fingerprint density at radius 3 is 1.10 bits per heavy atom. The fourth-order valence-electron chi connectivity index (χ4n) is 5.59. The van der Waals surface area contributed by atoms with Gasteiger partial charge in [-0.2, -0.15) is 0 Å². The van der Waals surface area contributed by atoms with Gasteiger partial charge in [0.2, 0.25) is 0 Å². The first-order valence-corrected chi connectivity index (χ1v) is 13.6. The zero-order valence-corrected chi connectivity index (χ0v) is 22.1. The van der Waals surface area contributed by atoms with Crippen LogP contribution in [-0.2, 0) is 0 Å².